The van der Waals surface area contributed by atoms with Crippen LogP contribution in [-0.2, 0) is 14.6 Å². The van der Waals surface area contributed by atoms with Crippen LogP contribution >= 0.6 is 0 Å². The van der Waals surface area contributed by atoms with Crippen molar-refractivity contribution >= 4 is 15.7 Å². The number of furan rings is 1. The van der Waals surface area contributed by atoms with Crippen LogP contribution in [0.3, 0.4) is 0 Å². The van der Waals surface area contributed by atoms with Crippen molar-refractivity contribution in [3.8, 4) is 0 Å². The second kappa shape index (κ2) is 6.79. The van der Waals surface area contributed by atoms with Crippen LogP contribution in [0, 0.1) is 6.92 Å². The Labute approximate surface area is 130 Å². The predicted octanol–water partition coefficient (Wildman–Crippen LogP) is 2.63. The Bertz CT molecular complexity index is 718. The van der Waals surface area contributed by atoms with Gasteiger partial charge in [0.2, 0.25) is 5.91 Å². The third-order valence-electron chi connectivity index (χ3n) is 3.39. The summed E-state index contributed by atoms with van der Waals surface area (Å²) in [5.74, 6) is 0.118. The van der Waals surface area contributed by atoms with E-state index < -0.39 is 15.1 Å². The van der Waals surface area contributed by atoms with Crippen molar-refractivity contribution in [3.05, 3.63) is 54.0 Å². The van der Waals surface area contributed by atoms with Crippen LogP contribution in [0.4, 0.5) is 0 Å². The van der Waals surface area contributed by atoms with E-state index in [2.05, 4.69) is 5.32 Å². The Hall–Kier alpha value is -2.08. The number of hydrogen-bond donors (Lipinski definition) is 1. The molecule has 0 spiro atoms. The highest BCUT2D eigenvalue weighted by molar-refractivity contribution is 7.91. The standard InChI is InChI=1S/C16H19NO4S/c1-3-16(18)17-11-15(14-5-4-10-21-14)22(19,20)13-8-6-12(2)7-9-13/h4-10,15H,3,11H2,1-2H3,(H,17,18)/t15-/m0/s1. The summed E-state index contributed by atoms with van der Waals surface area (Å²) in [6.45, 7) is 3.59. The molecule has 1 heterocycles. The molecule has 6 heteroatoms. The monoisotopic (exact) mass is 321 g/mol. The zero-order valence-electron chi connectivity index (χ0n) is 12.6. The number of aryl methyl sites for hydroxylation is 1. The highest BCUT2D eigenvalue weighted by Crippen LogP contribution is 2.29. The minimum Gasteiger partial charge on any atom is -0.468 e. The predicted molar refractivity (Wildman–Crippen MR) is 83.1 cm³/mol. The maximum Gasteiger partial charge on any atom is 0.219 e. The van der Waals surface area contributed by atoms with Crippen molar-refractivity contribution in [3.63, 3.8) is 0 Å². The Morgan fingerprint density at radius 3 is 2.45 bits per heavy atom. The van der Waals surface area contributed by atoms with E-state index >= 15 is 0 Å². The van der Waals surface area contributed by atoms with Crippen LogP contribution in [0.15, 0.2) is 52.0 Å². The van der Waals surface area contributed by atoms with Crippen LogP contribution in [-0.4, -0.2) is 20.9 Å². The summed E-state index contributed by atoms with van der Waals surface area (Å²) in [5.41, 5.74) is 0.979. The molecule has 0 saturated carbocycles. The van der Waals surface area contributed by atoms with Gasteiger partial charge < -0.3 is 9.73 Å². The number of rotatable bonds is 6. The topological polar surface area (TPSA) is 76.4 Å². The molecule has 2 rings (SSSR count). The van der Waals surface area contributed by atoms with Gasteiger partial charge in [-0.3, -0.25) is 4.79 Å². The van der Waals surface area contributed by atoms with Crippen molar-refractivity contribution in [2.75, 3.05) is 6.54 Å². The number of hydrogen-bond acceptors (Lipinski definition) is 4. The van der Waals surface area contributed by atoms with Crippen molar-refractivity contribution in [1.29, 1.82) is 0 Å². The molecule has 0 saturated heterocycles. The van der Waals surface area contributed by atoms with Crippen LogP contribution in [0.5, 0.6) is 0 Å². The first kappa shape index (κ1) is 16.3. The fourth-order valence-electron chi connectivity index (χ4n) is 2.06. The van der Waals surface area contributed by atoms with Crippen molar-refractivity contribution in [2.45, 2.75) is 30.4 Å². The molecule has 2 aromatic rings. The Kier molecular flexibility index (Phi) is 5.03. The van der Waals surface area contributed by atoms with Crippen molar-refractivity contribution in [2.24, 2.45) is 0 Å². The summed E-state index contributed by atoms with van der Waals surface area (Å²) in [5, 5.41) is 1.69. The van der Waals surface area contributed by atoms with Crippen LogP contribution < -0.4 is 5.32 Å². The van der Waals surface area contributed by atoms with Crippen LogP contribution in [0.1, 0.15) is 29.9 Å². The zero-order valence-corrected chi connectivity index (χ0v) is 13.4. The number of benzene rings is 1. The second-order valence-electron chi connectivity index (χ2n) is 5.02. The maximum atomic E-state index is 12.8. The highest BCUT2D eigenvalue weighted by Gasteiger charge is 2.31. The van der Waals surface area contributed by atoms with Gasteiger partial charge in [-0.2, -0.15) is 0 Å². The molecule has 1 amide bonds. The van der Waals surface area contributed by atoms with Gasteiger partial charge in [-0.05, 0) is 31.2 Å². The number of nitrogens with one attached hydrogen (secondary N) is 1. The van der Waals surface area contributed by atoms with Crippen molar-refractivity contribution < 1.29 is 17.6 Å². The average molecular weight is 321 g/mol. The Morgan fingerprint density at radius 1 is 1.23 bits per heavy atom. The molecule has 0 radical (unpaired) electrons. The molecule has 1 atom stereocenters. The first-order chi connectivity index (χ1) is 10.4. The van der Waals surface area contributed by atoms with E-state index in [4.69, 9.17) is 4.42 Å². The van der Waals surface area contributed by atoms with Gasteiger partial charge >= 0.3 is 0 Å². The maximum absolute atomic E-state index is 12.8. The molecule has 1 aromatic carbocycles. The van der Waals surface area contributed by atoms with Gasteiger partial charge in [0.25, 0.3) is 0 Å². The second-order valence-corrected chi connectivity index (χ2v) is 7.15. The minimum atomic E-state index is -3.65. The summed E-state index contributed by atoms with van der Waals surface area (Å²) >= 11 is 0. The molecule has 5 nitrogen and oxygen atoms in total. The third-order valence-corrected chi connectivity index (χ3v) is 5.47. The lowest BCUT2D eigenvalue weighted by atomic mass is 10.2. The molecule has 1 aromatic heterocycles. The van der Waals surface area contributed by atoms with E-state index in [9.17, 15) is 13.2 Å². The van der Waals surface area contributed by atoms with Gasteiger partial charge in [-0.1, -0.05) is 24.6 Å². The number of carbonyl (C=O) groups is 1. The average Bonchev–Trinajstić information content (AvgIpc) is 3.01. The highest BCUT2D eigenvalue weighted by atomic mass is 32.2. The molecule has 1 N–H and O–H groups in total. The first-order valence-electron chi connectivity index (χ1n) is 7.05. The summed E-state index contributed by atoms with van der Waals surface area (Å²) < 4.78 is 30.9. The first-order valence-corrected chi connectivity index (χ1v) is 8.60. The molecule has 22 heavy (non-hydrogen) atoms. The Morgan fingerprint density at radius 2 is 1.91 bits per heavy atom. The molecular formula is C16H19NO4S. The lowest BCUT2D eigenvalue weighted by molar-refractivity contribution is -0.120. The zero-order chi connectivity index (χ0) is 16.2. The van der Waals surface area contributed by atoms with Gasteiger partial charge in [0, 0.05) is 13.0 Å². The summed E-state index contributed by atoms with van der Waals surface area (Å²) in [6.07, 6.45) is 1.73. The van der Waals surface area contributed by atoms with E-state index in [1.54, 1.807) is 43.3 Å². The van der Waals surface area contributed by atoms with Gasteiger partial charge in [-0.15, -0.1) is 0 Å². The lowest BCUT2D eigenvalue weighted by Crippen LogP contribution is -2.31. The van der Waals surface area contributed by atoms with E-state index in [1.165, 1.54) is 6.26 Å². The summed E-state index contributed by atoms with van der Waals surface area (Å²) in [6, 6.07) is 9.88. The van der Waals surface area contributed by atoms with E-state index in [-0.39, 0.29) is 17.3 Å². The van der Waals surface area contributed by atoms with E-state index in [0.29, 0.717) is 12.2 Å². The molecule has 0 bridgehead atoms. The number of carbonyl (C=O) groups excluding carboxylic acids is 1. The van der Waals surface area contributed by atoms with Gasteiger partial charge in [0.1, 0.15) is 11.0 Å². The van der Waals surface area contributed by atoms with Crippen molar-refractivity contribution in [1.82, 2.24) is 5.32 Å². The molecule has 0 aliphatic carbocycles. The van der Waals surface area contributed by atoms with Crippen LogP contribution in [0.2, 0.25) is 0 Å². The molecule has 0 aliphatic heterocycles. The summed E-state index contributed by atoms with van der Waals surface area (Å²) in [4.78, 5) is 11.7. The fraction of sp³-hybridized carbons (Fsp3) is 0.312. The smallest absolute Gasteiger partial charge is 0.219 e. The SMILES string of the molecule is CCC(=O)NC[C@@H](c1ccco1)S(=O)(=O)c1ccc(C)cc1. The largest absolute Gasteiger partial charge is 0.468 e. The van der Waals surface area contributed by atoms with Gasteiger partial charge in [0.15, 0.2) is 9.84 Å². The molecule has 118 valence electrons. The van der Waals surface area contributed by atoms with E-state index in [1.807, 2.05) is 6.92 Å². The normalized spacial score (nSPS) is 12.8. The molecule has 0 aliphatic rings. The number of amides is 1. The molecule has 0 fully saturated rings. The molecular weight excluding hydrogens is 302 g/mol. The molecule has 0 unspecified atom stereocenters. The fourth-order valence-corrected chi connectivity index (χ4v) is 3.65. The third kappa shape index (κ3) is 3.57. The summed E-state index contributed by atoms with van der Waals surface area (Å²) in [7, 11) is -3.65. The van der Waals surface area contributed by atoms with Gasteiger partial charge in [-0.25, -0.2) is 8.42 Å². The Balaban J connectivity index is 2.35. The minimum absolute atomic E-state index is 0.0175. The van der Waals surface area contributed by atoms with Crippen LogP contribution in [0.25, 0.3) is 0 Å². The lowest BCUT2D eigenvalue weighted by Gasteiger charge is -2.16. The quantitative estimate of drug-likeness (QED) is 0.887. The van der Waals surface area contributed by atoms with Gasteiger partial charge in [0.05, 0.1) is 11.2 Å². The number of sulfone groups is 1. The van der Waals surface area contributed by atoms with E-state index in [0.717, 1.165) is 5.56 Å².